The third kappa shape index (κ3) is 2.67. The molecular formula is C13H11FN2O3. The minimum Gasteiger partial charge on any atom is -0.477 e. The Bertz CT molecular complexity index is 617. The van der Waals surface area contributed by atoms with E-state index in [1.54, 1.807) is 25.3 Å². The van der Waals surface area contributed by atoms with Gasteiger partial charge in [0, 0.05) is 6.20 Å². The van der Waals surface area contributed by atoms with Crippen molar-refractivity contribution in [3.8, 4) is 17.1 Å². The Hall–Kier alpha value is -2.50. The third-order valence-electron chi connectivity index (χ3n) is 2.38. The van der Waals surface area contributed by atoms with E-state index in [1.807, 2.05) is 0 Å². The lowest BCUT2D eigenvalue weighted by molar-refractivity contribution is 0.0685. The number of carboxylic acids is 1. The molecule has 0 amide bonds. The SMILES string of the molecule is CCOc1ncccc1-c1ccc(F)c(C(=O)O)n1. The fourth-order valence-electron chi connectivity index (χ4n) is 1.58. The van der Waals surface area contributed by atoms with Crippen LogP contribution in [-0.4, -0.2) is 27.7 Å². The highest BCUT2D eigenvalue weighted by Crippen LogP contribution is 2.26. The van der Waals surface area contributed by atoms with Gasteiger partial charge in [-0.1, -0.05) is 0 Å². The zero-order chi connectivity index (χ0) is 13.8. The number of rotatable bonds is 4. The zero-order valence-electron chi connectivity index (χ0n) is 10.1. The summed E-state index contributed by atoms with van der Waals surface area (Å²) in [5.74, 6) is -1.96. The highest BCUT2D eigenvalue weighted by molar-refractivity contribution is 5.86. The average Bonchev–Trinajstić information content (AvgIpc) is 2.40. The highest BCUT2D eigenvalue weighted by Gasteiger charge is 2.16. The Morgan fingerprint density at radius 2 is 2.21 bits per heavy atom. The molecule has 0 aromatic carbocycles. The number of aromatic carboxylic acids is 1. The molecule has 0 aliphatic heterocycles. The van der Waals surface area contributed by atoms with E-state index < -0.39 is 17.5 Å². The van der Waals surface area contributed by atoms with E-state index in [0.717, 1.165) is 6.07 Å². The van der Waals surface area contributed by atoms with Gasteiger partial charge < -0.3 is 9.84 Å². The molecule has 0 saturated carbocycles. The number of aromatic nitrogens is 2. The molecule has 0 spiro atoms. The molecule has 2 aromatic rings. The second-order valence-corrected chi connectivity index (χ2v) is 3.62. The van der Waals surface area contributed by atoms with Gasteiger partial charge in [-0.2, -0.15) is 0 Å². The summed E-state index contributed by atoms with van der Waals surface area (Å²) in [6, 6.07) is 5.81. The van der Waals surface area contributed by atoms with Gasteiger partial charge >= 0.3 is 5.97 Å². The first-order valence-electron chi connectivity index (χ1n) is 5.61. The van der Waals surface area contributed by atoms with Crippen molar-refractivity contribution in [1.82, 2.24) is 9.97 Å². The van der Waals surface area contributed by atoms with Crippen LogP contribution in [0.5, 0.6) is 5.88 Å². The number of hydrogen-bond donors (Lipinski definition) is 1. The van der Waals surface area contributed by atoms with Crippen molar-refractivity contribution in [3.63, 3.8) is 0 Å². The van der Waals surface area contributed by atoms with Gasteiger partial charge in [-0.15, -0.1) is 0 Å². The summed E-state index contributed by atoms with van der Waals surface area (Å²) in [7, 11) is 0. The van der Waals surface area contributed by atoms with E-state index >= 15 is 0 Å². The molecule has 0 radical (unpaired) electrons. The maximum atomic E-state index is 13.3. The van der Waals surface area contributed by atoms with Crippen molar-refractivity contribution in [2.45, 2.75) is 6.92 Å². The summed E-state index contributed by atoms with van der Waals surface area (Å²) in [5.41, 5.74) is 0.200. The molecule has 0 saturated heterocycles. The van der Waals surface area contributed by atoms with Crippen LogP contribution >= 0.6 is 0 Å². The van der Waals surface area contributed by atoms with Gasteiger partial charge in [-0.25, -0.2) is 19.2 Å². The van der Waals surface area contributed by atoms with Gasteiger partial charge in [0.1, 0.15) is 0 Å². The molecule has 2 aromatic heterocycles. The summed E-state index contributed by atoms with van der Waals surface area (Å²) >= 11 is 0. The smallest absolute Gasteiger partial charge is 0.357 e. The van der Waals surface area contributed by atoms with Gasteiger partial charge in [0.2, 0.25) is 5.88 Å². The van der Waals surface area contributed by atoms with Crippen LogP contribution in [0.1, 0.15) is 17.4 Å². The molecule has 0 bridgehead atoms. The largest absolute Gasteiger partial charge is 0.477 e. The van der Waals surface area contributed by atoms with E-state index in [2.05, 4.69) is 9.97 Å². The van der Waals surface area contributed by atoms with Crippen LogP contribution in [0.15, 0.2) is 30.5 Å². The Kier molecular flexibility index (Phi) is 3.70. The molecule has 0 fully saturated rings. The summed E-state index contributed by atoms with van der Waals surface area (Å²) in [5, 5.41) is 8.86. The number of carboxylic acid groups (broad SMARTS) is 1. The first-order valence-corrected chi connectivity index (χ1v) is 5.61. The first-order chi connectivity index (χ1) is 9.13. The second kappa shape index (κ2) is 5.43. The van der Waals surface area contributed by atoms with Crippen LogP contribution in [0, 0.1) is 5.82 Å². The van der Waals surface area contributed by atoms with E-state index in [1.165, 1.54) is 6.07 Å². The van der Waals surface area contributed by atoms with Crippen molar-refractivity contribution in [3.05, 3.63) is 42.0 Å². The maximum Gasteiger partial charge on any atom is 0.357 e. The molecule has 98 valence electrons. The van der Waals surface area contributed by atoms with E-state index in [0.29, 0.717) is 23.7 Å². The van der Waals surface area contributed by atoms with E-state index in [4.69, 9.17) is 9.84 Å². The third-order valence-corrected chi connectivity index (χ3v) is 2.38. The zero-order valence-corrected chi connectivity index (χ0v) is 10.1. The predicted molar refractivity (Wildman–Crippen MR) is 65.6 cm³/mol. The predicted octanol–water partition coefficient (Wildman–Crippen LogP) is 2.38. The highest BCUT2D eigenvalue weighted by atomic mass is 19.1. The van der Waals surface area contributed by atoms with Crippen molar-refractivity contribution in [2.24, 2.45) is 0 Å². The Morgan fingerprint density at radius 1 is 1.42 bits per heavy atom. The molecule has 6 heteroatoms. The molecule has 2 heterocycles. The fraction of sp³-hybridized carbons (Fsp3) is 0.154. The maximum absolute atomic E-state index is 13.3. The first kappa shape index (κ1) is 12.9. The average molecular weight is 262 g/mol. The van der Waals surface area contributed by atoms with Crippen LogP contribution in [0.3, 0.4) is 0 Å². The van der Waals surface area contributed by atoms with Crippen molar-refractivity contribution in [1.29, 1.82) is 0 Å². The molecular weight excluding hydrogens is 251 g/mol. The normalized spacial score (nSPS) is 10.2. The molecule has 0 atom stereocenters. The quantitative estimate of drug-likeness (QED) is 0.915. The molecule has 2 rings (SSSR count). The number of hydrogen-bond acceptors (Lipinski definition) is 4. The molecule has 5 nitrogen and oxygen atoms in total. The monoisotopic (exact) mass is 262 g/mol. The number of halogens is 1. The summed E-state index contributed by atoms with van der Waals surface area (Å²) in [6.07, 6.45) is 1.55. The Morgan fingerprint density at radius 3 is 2.89 bits per heavy atom. The van der Waals surface area contributed by atoms with Gasteiger partial charge in [0.25, 0.3) is 0 Å². The molecule has 0 aliphatic rings. The lowest BCUT2D eigenvalue weighted by Crippen LogP contribution is -2.05. The van der Waals surface area contributed by atoms with Gasteiger partial charge in [-0.3, -0.25) is 0 Å². The number of ether oxygens (including phenoxy) is 1. The van der Waals surface area contributed by atoms with E-state index in [9.17, 15) is 9.18 Å². The standard InChI is InChI=1S/C13H11FN2O3/c1-2-19-12-8(4-3-7-15-12)10-6-5-9(14)11(16-10)13(17)18/h3-7H,2H2,1H3,(H,17,18). The number of pyridine rings is 2. The number of nitrogens with zero attached hydrogens (tertiary/aromatic N) is 2. The van der Waals surface area contributed by atoms with Gasteiger partial charge in [-0.05, 0) is 31.2 Å². The van der Waals surface area contributed by atoms with E-state index in [-0.39, 0.29) is 0 Å². The van der Waals surface area contributed by atoms with Crippen molar-refractivity contribution >= 4 is 5.97 Å². The van der Waals surface area contributed by atoms with Crippen LogP contribution in [0.4, 0.5) is 4.39 Å². The number of carbonyl (C=O) groups is 1. The van der Waals surface area contributed by atoms with Gasteiger partial charge in [0.15, 0.2) is 11.5 Å². The van der Waals surface area contributed by atoms with Crippen LogP contribution < -0.4 is 4.74 Å². The lowest BCUT2D eigenvalue weighted by Gasteiger charge is -2.08. The summed E-state index contributed by atoms with van der Waals surface area (Å²) < 4.78 is 18.6. The topological polar surface area (TPSA) is 72.3 Å². The van der Waals surface area contributed by atoms with Crippen LogP contribution in [0.25, 0.3) is 11.3 Å². The molecule has 0 unspecified atom stereocenters. The van der Waals surface area contributed by atoms with Crippen molar-refractivity contribution in [2.75, 3.05) is 6.61 Å². The minimum atomic E-state index is -1.42. The summed E-state index contributed by atoms with van der Waals surface area (Å²) in [6.45, 7) is 2.22. The molecule has 1 N–H and O–H groups in total. The molecule has 0 aliphatic carbocycles. The summed E-state index contributed by atoms with van der Waals surface area (Å²) in [4.78, 5) is 18.7. The Labute approximate surface area is 108 Å². The van der Waals surface area contributed by atoms with Crippen molar-refractivity contribution < 1.29 is 19.0 Å². The van der Waals surface area contributed by atoms with Gasteiger partial charge in [0.05, 0.1) is 17.9 Å². The van der Waals surface area contributed by atoms with Crippen LogP contribution in [0.2, 0.25) is 0 Å². The minimum absolute atomic E-state index is 0.301. The second-order valence-electron chi connectivity index (χ2n) is 3.62. The van der Waals surface area contributed by atoms with Crippen LogP contribution in [-0.2, 0) is 0 Å². The molecule has 19 heavy (non-hydrogen) atoms. The Balaban J connectivity index is 2.53. The fourth-order valence-corrected chi connectivity index (χ4v) is 1.58. The lowest BCUT2D eigenvalue weighted by atomic mass is 10.1.